The standard InChI is InChI=1S/C18H18N8O/c1-12-8-20-15-3-2-14(6-16(15)22-12)25-5-4-13(9-25)23-18(27)10-26-11-21-17(7-19)24-26/h2-3,6,8,11,13H,4-5,9-10H2,1H3,(H,23,27)/t13-/m0/s1. The first-order valence-corrected chi connectivity index (χ1v) is 8.68. The maximum atomic E-state index is 12.2. The second-order valence-corrected chi connectivity index (χ2v) is 6.56. The lowest BCUT2D eigenvalue weighted by Gasteiger charge is -2.19. The Bertz CT molecular complexity index is 1040. The molecule has 1 aliphatic heterocycles. The fraction of sp³-hybridized carbons (Fsp3) is 0.333. The third-order valence-electron chi connectivity index (χ3n) is 4.51. The summed E-state index contributed by atoms with van der Waals surface area (Å²) in [5, 5.41) is 15.7. The minimum atomic E-state index is -0.142. The number of amides is 1. The topological polar surface area (TPSA) is 113 Å². The quantitative estimate of drug-likeness (QED) is 0.730. The van der Waals surface area contributed by atoms with Crippen LogP contribution in [0.2, 0.25) is 0 Å². The molecule has 2 aromatic heterocycles. The number of aromatic nitrogens is 5. The van der Waals surface area contributed by atoms with E-state index in [1.165, 1.54) is 11.0 Å². The third kappa shape index (κ3) is 3.69. The van der Waals surface area contributed by atoms with E-state index in [0.717, 1.165) is 41.9 Å². The van der Waals surface area contributed by atoms with E-state index in [-0.39, 0.29) is 24.3 Å². The first-order chi connectivity index (χ1) is 13.1. The summed E-state index contributed by atoms with van der Waals surface area (Å²) in [5.41, 5.74) is 3.71. The van der Waals surface area contributed by atoms with Gasteiger partial charge in [-0.1, -0.05) is 0 Å². The number of aryl methyl sites for hydroxylation is 1. The van der Waals surface area contributed by atoms with Crippen molar-refractivity contribution in [2.75, 3.05) is 18.0 Å². The van der Waals surface area contributed by atoms with Gasteiger partial charge in [0.2, 0.25) is 5.91 Å². The molecule has 4 rings (SSSR count). The largest absolute Gasteiger partial charge is 0.369 e. The Morgan fingerprint density at radius 3 is 3.07 bits per heavy atom. The van der Waals surface area contributed by atoms with Gasteiger partial charge in [-0.15, -0.1) is 5.10 Å². The van der Waals surface area contributed by atoms with Gasteiger partial charge in [0.25, 0.3) is 5.82 Å². The number of fused-ring (bicyclic) bond motifs is 1. The zero-order valence-electron chi connectivity index (χ0n) is 14.8. The molecular formula is C18H18N8O. The average Bonchev–Trinajstić information content (AvgIpc) is 3.30. The van der Waals surface area contributed by atoms with Gasteiger partial charge in [0.1, 0.15) is 18.9 Å². The molecule has 1 N–H and O–H groups in total. The van der Waals surface area contributed by atoms with Crippen LogP contribution in [-0.4, -0.2) is 49.8 Å². The highest BCUT2D eigenvalue weighted by atomic mass is 16.2. The van der Waals surface area contributed by atoms with Crippen molar-refractivity contribution in [3.63, 3.8) is 0 Å². The van der Waals surface area contributed by atoms with Crippen molar-refractivity contribution in [3.8, 4) is 6.07 Å². The van der Waals surface area contributed by atoms with Crippen LogP contribution in [-0.2, 0) is 11.3 Å². The molecule has 1 saturated heterocycles. The lowest BCUT2D eigenvalue weighted by Crippen LogP contribution is -2.39. The van der Waals surface area contributed by atoms with Crippen LogP contribution < -0.4 is 10.2 Å². The second-order valence-electron chi connectivity index (χ2n) is 6.56. The molecule has 0 radical (unpaired) electrons. The number of nitrogens with zero attached hydrogens (tertiary/aromatic N) is 7. The van der Waals surface area contributed by atoms with Crippen LogP contribution in [0.3, 0.4) is 0 Å². The van der Waals surface area contributed by atoms with E-state index in [2.05, 4.69) is 30.3 Å². The number of hydrogen-bond donors (Lipinski definition) is 1. The summed E-state index contributed by atoms with van der Waals surface area (Å²) in [4.78, 5) is 27.1. The van der Waals surface area contributed by atoms with Crippen LogP contribution in [0.4, 0.5) is 5.69 Å². The smallest absolute Gasteiger partial charge is 0.252 e. The number of nitrogens with one attached hydrogen (secondary N) is 1. The molecule has 0 saturated carbocycles. The molecule has 9 nitrogen and oxygen atoms in total. The van der Waals surface area contributed by atoms with E-state index in [1.807, 2.05) is 31.2 Å². The molecule has 1 atom stereocenters. The minimum Gasteiger partial charge on any atom is -0.369 e. The predicted octanol–water partition coefficient (Wildman–Crippen LogP) is 0.796. The fourth-order valence-electron chi connectivity index (χ4n) is 3.24. The molecule has 0 spiro atoms. The number of hydrogen-bond acceptors (Lipinski definition) is 7. The summed E-state index contributed by atoms with van der Waals surface area (Å²) in [6.45, 7) is 3.57. The monoisotopic (exact) mass is 362 g/mol. The number of nitriles is 1. The molecule has 9 heteroatoms. The Kier molecular flexibility index (Phi) is 4.38. The highest BCUT2D eigenvalue weighted by Crippen LogP contribution is 2.23. The van der Waals surface area contributed by atoms with Crippen LogP contribution in [0.1, 0.15) is 17.9 Å². The Labute approximate surface area is 155 Å². The van der Waals surface area contributed by atoms with E-state index in [4.69, 9.17) is 5.26 Å². The summed E-state index contributed by atoms with van der Waals surface area (Å²) in [6, 6.07) is 7.96. The van der Waals surface area contributed by atoms with Gasteiger partial charge in [0.05, 0.1) is 16.7 Å². The van der Waals surface area contributed by atoms with Crippen molar-refractivity contribution in [2.24, 2.45) is 0 Å². The number of benzene rings is 1. The molecule has 1 aromatic carbocycles. The molecular weight excluding hydrogens is 344 g/mol. The predicted molar refractivity (Wildman–Crippen MR) is 97.8 cm³/mol. The minimum absolute atomic E-state index is 0.0516. The Hall–Kier alpha value is -3.54. The number of carbonyl (C=O) groups is 1. The van der Waals surface area contributed by atoms with Crippen molar-refractivity contribution in [1.82, 2.24) is 30.0 Å². The van der Waals surface area contributed by atoms with Crippen LogP contribution in [0, 0.1) is 18.3 Å². The van der Waals surface area contributed by atoms with Gasteiger partial charge < -0.3 is 10.2 Å². The molecule has 1 amide bonds. The first kappa shape index (κ1) is 16.9. The van der Waals surface area contributed by atoms with Crippen molar-refractivity contribution in [1.29, 1.82) is 5.26 Å². The zero-order chi connectivity index (χ0) is 18.8. The van der Waals surface area contributed by atoms with Gasteiger partial charge in [-0.3, -0.25) is 9.78 Å². The summed E-state index contributed by atoms with van der Waals surface area (Å²) in [6.07, 6.45) is 4.01. The SMILES string of the molecule is Cc1cnc2ccc(N3CC[C@H](NC(=O)Cn4cnc(C#N)n4)C3)cc2n1. The maximum absolute atomic E-state index is 12.2. The molecule has 3 heterocycles. The molecule has 27 heavy (non-hydrogen) atoms. The molecule has 1 fully saturated rings. The van der Waals surface area contributed by atoms with E-state index >= 15 is 0 Å². The molecule has 0 bridgehead atoms. The van der Waals surface area contributed by atoms with E-state index in [1.54, 1.807) is 6.20 Å². The van der Waals surface area contributed by atoms with Gasteiger partial charge in [0, 0.05) is 31.0 Å². The van der Waals surface area contributed by atoms with Gasteiger partial charge in [-0.05, 0) is 31.5 Å². The molecule has 1 aliphatic rings. The lowest BCUT2D eigenvalue weighted by molar-refractivity contribution is -0.122. The highest BCUT2D eigenvalue weighted by Gasteiger charge is 2.24. The van der Waals surface area contributed by atoms with Gasteiger partial charge in [-0.2, -0.15) is 5.26 Å². The fourth-order valence-corrected chi connectivity index (χ4v) is 3.24. The Balaban J connectivity index is 1.38. The van der Waals surface area contributed by atoms with Crippen LogP contribution in [0.25, 0.3) is 11.0 Å². The average molecular weight is 362 g/mol. The van der Waals surface area contributed by atoms with Crippen molar-refractivity contribution in [2.45, 2.75) is 25.9 Å². The van der Waals surface area contributed by atoms with Crippen LogP contribution in [0.5, 0.6) is 0 Å². The van der Waals surface area contributed by atoms with E-state index in [9.17, 15) is 4.79 Å². The number of anilines is 1. The van der Waals surface area contributed by atoms with Crippen LogP contribution >= 0.6 is 0 Å². The lowest BCUT2D eigenvalue weighted by atomic mass is 10.2. The molecule has 0 unspecified atom stereocenters. The zero-order valence-corrected chi connectivity index (χ0v) is 14.8. The molecule has 136 valence electrons. The maximum Gasteiger partial charge on any atom is 0.252 e. The van der Waals surface area contributed by atoms with Gasteiger partial charge in [-0.25, -0.2) is 14.6 Å². The normalized spacial score (nSPS) is 16.4. The summed E-state index contributed by atoms with van der Waals surface area (Å²) < 4.78 is 1.37. The summed E-state index contributed by atoms with van der Waals surface area (Å²) in [7, 11) is 0. The summed E-state index contributed by atoms with van der Waals surface area (Å²) >= 11 is 0. The van der Waals surface area contributed by atoms with E-state index in [0.29, 0.717) is 0 Å². The second kappa shape index (κ2) is 6.99. The van der Waals surface area contributed by atoms with E-state index < -0.39 is 0 Å². The van der Waals surface area contributed by atoms with Crippen molar-refractivity contribution < 1.29 is 4.79 Å². The molecule has 0 aliphatic carbocycles. The first-order valence-electron chi connectivity index (χ1n) is 8.68. The van der Waals surface area contributed by atoms with Crippen molar-refractivity contribution >= 4 is 22.6 Å². The highest BCUT2D eigenvalue weighted by molar-refractivity contribution is 5.79. The van der Waals surface area contributed by atoms with Crippen molar-refractivity contribution in [3.05, 3.63) is 42.2 Å². The van der Waals surface area contributed by atoms with Gasteiger partial charge in [0.15, 0.2) is 0 Å². The number of rotatable bonds is 4. The third-order valence-corrected chi connectivity index (χ3v) is 4.51. The van der Waals surface area contributed by atoms with Gasteiger partial charge >= 0.3 is 0 Å². The summed E-state index contributed by atoms with van der Waals surface area (Å²) in [5.74, 6) is -0.0827. The van der Waals surface area contributed by atoms with Crippen LogP contribution in [0.15, 0.2) is 30.7 Å². The Morgan fingerprint density at radius 2 is 2.26 bits per heavy atom. The Morgan fingerprint density at radius 1 is 1.37 bits per heavy atom. The number of carbonyl (C=O) groups excluding carboxylic acids is 1. The molecule has 3 aromatic rings.